The first kappa shape index (κ1) is 17.7. The van der Waals surface area contributed by atoms with Gasteiger partial charge in [0, 0.05) is 26.2 Å². The van der Waals surface area contributed by atoms with E-state index in [1.54, 1.807) is 0 Å². The van der Waals surface area contributed by atoms with Gasteiger partial charge in [0.2, 0.25) is 0 Å². The molecule has 120 valence electrons. The number of hydrogen-bond acceptors (Lipinski definition) is 6. The first-order valence-electron chi connectivity index (χ1n) is 7.43. The highest BCUT2D eigenvalue weighted by molar-refractivity contribution is 7.18. The summed E-state index contributed by atoms with van der Waals surface area (Å²) in [5, 5.41) is 3.77. The zero-order chi connectivity index (χ0) is 16.0. The van der Waals surface area contributed by atoms with Crippen LogP contribution in [0.25, 0.3) is 0 Å². The van der Waals surface area contributed by atoms with E-state index in [0.717, 1.165) is 31.3 Å². The Kier molecular flexibility index (Phi) is 6.91. The maximum atomic E-state index is 12.3. The Hall–Kier alpha value is -1.34. The van der Waals surface area contributed by atoms with Gasteiger partial charge in [0.15, 0.2) is 5.13 Å². The van der Waals surface area contributed by atoms with Gasteiger partial charge in [-0.05, 0) is 26.9 Å². The molecule has 0 bridgehead atoms. The van der Waals surface area contributed by atoms with E-state index in [0.29, 0.717) is 10.7 Å². The van der Waals surface area contributed by atoms with Crippen LogP contribution >= 0.6 is 11.3 Å². The monoisotopic (exact) mass is 313 g/mol. The highest BCUT2D eigenvalue weighted by atomic mass is 32.1. The number of carbonyl (C=O) groups excluding carboxylic acids is 1. The van der Waals surface area contributed by atoms with E-state index in [4.69, 9.17) is 5.73 Å². The Bertz CT molecular complexity index is 458. The van der Waals surface area contributed by atoms with Crippen LogP contribution in [0.5, 0.6) is 0 Å². The molecule has 0 aliphatic heterocycles. The quantitative estimate of drug-likeness (QED) is 0.763. The molecule has 0 radical (unpaired) electrons. The molecule has 0 fully saturated rings. The van der Waals surface area contributed by atoms with Crippen LogP contribution in [0.1, 0.15) is 37.4 Å². The van der Waals surface area contributed by atoms with E-state index in [9.17, 15) is 4.79 Å². The van der Waals surface area contributed by atoms with E-state index in [1.807, 2.05) is 25.8 Å². The second-order valence-corrected chi connectivity index (χ2v) is 6.06. The summed E-state index contributed by atoms with van der Waals surface area (Å²) in [6, 6.07) is 0.0752. The fraction of sp³-hybridized carbons (Fsp3) is 0.714. The third-order valence-corrected chi connectivity index (χ3v) is 4.64. The Morgan fingerprint density at radius 1 is 1.33 bits per heavy atom. The molecule has 6 nitrogen and oxygen atoms in total. The molecule has 1 atom stereocenters. The number of anilines is 2. The highest BCUT2D eigenvalue weighted by Crippen LogP contribution is 2.27. The second kappa shape index (κ2) is 8.19. The van der Waals surface area contributed by atoms with Gasteiger partial charge in [-0.25, -0.2) is 4.98 Å². The van der Waals surface area contributed by atoms with Gasteiger partial charge in [-0.3, -0.25) is 4.79 Å². The lowest BCUT2D eigenvalue weighted by atomic mass is 10.3. The number of hydrogen-bond donors (Lipinski definition) is 2. The van der Waals surface area contributed by atoms with Crippen LogP contribution in [0.4, 0.5) is 10.9 Å². The van der Waals surface area contributed by atoms with Gasteiger partial charge >= 0.3 is 0 Å². The van der Waals surface area contributed by atoms with Gasteiger partial charge in [0.25, 0.3) is 5.91 Å². The molecule has 7 heteroatoms. The highest BCUT2D eigenvalue weighted by Gasteiger charge is 2.19. The lowest BCUT2D eigenvalue weighted by Gasteiger charge is -2.23. The minimum atomic E-state index is -0.139. The molecule has 1 heterocycles. The maximum Gasteiger partial charge on any atom is 0.265 e. The fourth-order valence-electron chi connectivity index (χ4n) is 1.99. The standard InChI is InChI=1S/C14H27N5OS/c1-6-18(5)14-17-12(15)11(21-14)13(20)16-10(4)9-19(7-2)8-3/h10H,6-9,15H2,1-5H3,(H,16,20). The summed E-state index contributed by atoms with van der Waals surface area (Å²) >= 11 is 1.34. The number of nitrogens with zero attached hydrogens (tertiary/aromatic N) is 3. The van der Waals surface area contributed by atoms with Crippen molar-refractivity contribution in [3.8, 4) is 0 Å². The molecule has 0 spiro atoms. The minimum absolute atomic E-state index is 0.0752. The topological polar surface area (TPSA) is 74.5 Å². The van der Waals surface area contributed by atoms with Crippen LogP contribution in [-0.4, -0.2) is 55.1 Å². The molecular weight excluding hydrogens is 286 g/mol. The summed E-state index contributed by atoms with van der Waals surface area (Å²) in [6.45, 7) is 11.9. The number of aromatic nitrogens is 1. The van der Waals surface area contributed by atoms with Gasteiger partial charge in [-0.2, -0.15) is 0 Å². The second-order valence-electron chi connectivity index (χ2n) is 5.09. The van der Waals surface area contributed by atoms with E-state index < -0.39 is 0 Å². The molecule has 0 aliphatic carbocycles. The molecule has 1 rings (SSSR count). The smallest absolute Gasteiger partial charge is 0.265 e. The summed E-state index contributed by atoms with van der Waals surface area (Å²) in [7, 11) is 1.93. The summed E-state index contributed by atoms with van der Waals surface area (Å²) in [5.74, 6) is 0.170. The number of carbonyl (C=O) groups is 1. The lowest BCUT2D eigenvalue weighted by molar-refractivity contribution is 0.0935. The van der Waals surface area contributed by atoms with Gasteiger partial charge in [0.05, 0.1) is 0 Å². The molecule has 1 aromatic rings. The third-order valence-electron chi connectivity index (χ3n) is 3.45. The molecule has 0 saturated heterocycles. The molecule has 0 aliphatic rings. The molecule has 21 heavy (non-hydrogen) atoms. The Morgan fingerprint density at radius 2 is 1.95 bits per heavy atom. The number of nitrogens with one attached hydrogen (secondary N) is 1. The first-order valence-corrected chi connectivity index (χ1v) is 8.25. The van der Waals surface area contributed by atoms with Crippen molar-refractivity contribution >= 4 is 28.2 Å². The average molecular weight is 313 g/mol. The molecule has 0 saturated carbocycles. The van der Waals surface area contributed by atoms with Crippen molar-refractivity contribution in [2.24, 2.45) is 0 Å². The van der Waals surface area contributed by atoms with Crippen molar-refractivity contribution in [1.82, 2.24) is 15.2 Å². The van der Waals surface area contributed by atoms with Crippen LogP contribution in [-0.2, 0) is 0 Å². The number of nitrogens with two attached hydrogens (primary N) is 1. The summed E-state index contributed by atoms with van der Waals surface area (Å²) in [6.07, 6.45) is 0. The molecule has 0 aromatic carbocycles. The Balaban J connectivity index is 2.69. The van der Waals surface area contributed by atoms with Crippen molar-refractivity contribution in [2.45, 2.75) is 33.7 Å². The number of amides is 1. The number of rotatable bonds is 8. The fourth-order valence-corrected chi connectivity index (χ4v) is 2.90. The largest absolute Gasteiger partial charge is 0.382 e. The zero-order valence-electron chi connectivity index (χ0n) is 13.6. The van der Waals surface area contributed by atoms with Gasteiger partial charge in [-0.15, -0.1) is 0 Å². The predicted molar refractivity (Wildman–Crippen MR) is 90.2 cm³/mol. The van der Waals surface area contributed by atoms with E-state index in [1.165, 1.54) is 11.3 Å². The Morgan fingerprint density at radius 3 is 2.48 bits per heavy atom. The number of likely N-dealkylation sites (N-methyl/N-ethyl adjacent to an activating group) is 1. The Labute approximate surface area is 131 Å². The number of thiazole rings is 1. The summed E-state index contributed by atoms with van der Waals surface area (Å²) in [5.41, 5.74) is 5.87. The van der Waals surface area contributed by atoms with Crippen LogP contribution in [0.3, 0.4) is 0 Å². The average Bonchev–Trinajstić information content (AvgIpc) is 2.85. The van der Waals surface area contributed by atoms with Crippen LogP contribution in [0.15, 0.2) is 0 Å². The summed E-state index contributed by atoms with van der Waals surface area (Å²) in [4.78, 5) is 21.3. The van der Waals surface area contributed by atoms with Crippen molar-refractivity contribution < 1.29 is 4.79 Å². The van der Waals surface area contributed by atoms with Gasteiger partial charge < -0.3 is 20.9 Å². The first-order chi connectivity index (χ1) is 9.92. The van der Waals surface area contributed by atoms with Crippen LogP contribution in [0.2, 0.25) is 0 Å². The SMILES string of the molecule is CCN(CC)CC(C)NC(=O)c1sc(N(C)CC)nc1N. The van der Waals surface area contributed by atoms with E-state index in [2.05, 4.69) is 29.0 Å². The van der Waals surface area contributed by atoms with Crippen molar-refractivity contribution in [3.63, 3.8) is 0 Å². The van der Waals surface area contributed by atoms with E-state index in [-0.39, 0.29) is 11.9 Å². The van der Waals surface area contributed by atoms with E-state index >= 15 is 0 Å². The number of nitrogen functional groups attached to an aromatic ring is 1. The predicted octanol–water partition coefficient (Wildman–Crippen LogP) is 1.64. The molecule has 3 N–H and O–H groups in total. The van der Waals surface area contributed by atoms with Crippen LogP contribution in [0, 0.1) is 0 Å². The summed E-state index contributed by atoms with van der Waals surface area (Å²) < 4.78 is 0. The van der Waals surface area contributed by atoms with Gasteiger partial charge in [0.1, 0.15) is 10.7 Å². The van der Waals surface area contributed by atoms with Crippen LogP contribution < -0.4 is 16.0 Å². The third kappa shape index (κ3) is 4.86. The van der Waals surface area contributed by atoms with Crippen molar-refractivity contribution in [3.05, 3.63) is 4.88 Å². The lowest BCUT2D eigenvalue weighted by Crippen LogP contribution is -2.41. The van der Waals surface area contributed by atoms with Crippen molar-refractivity contribution in [1.29, 1.82) is 0 Å². The zero-order valence-corrected chi connectivity index (χ0v) is 14.5. The normalized spacial score (nSPS) is 12.5. The molecular formula is C14H27N5OS. The minimum Gasteiger partial charge on any atom is -0.382 e. The molecule has 1 unspecified atom stereocenters. The molecule has 1 aromatic heterocycles. The van der Waals surface area contributed by atoms with Gasteiger partial charge in [-0.1, -0.05) is 25.2 Å². The van der Waals surface area contributed by atoms with Crippen molar-refractivity contribution in [2.75, 3.05) is 43.9 Å². The molecule has 1 amide bonds. The maximum absolute atomic E-state index is 12.3.